The number of nitrogens with zero attached hydrogens (tertiary/aromatic N) is 3. The molecule has 2 aliphatic rings. The summed E-state index contributed by atoms with van der Waals surface area (Å²) < 4.78 is 46.6. The van der Waals surface area contributed by atoms with Crippen LogP contribution >= 0.6 is 24.0 Å². The first kappa shape index (κ1) is 27.0. The molecule has 0 amide bonds. The van der Waals surface area contributed by atoms with Gasteiger partial charge >= 0.3 is 6.18 Å². The van der Waals surface area contributed by atoms with E-state index in [1.54, 1.807) is 19.2 Å². The first-order valence-electron chi connectivity index (χ1n) is 10.9. The van der Waals surface area contributed by atoms with Crippen molar-refractivity contribution >= 4 is 35.6 Å². The normalized spacial score (nSPS) is 22.8. The van der Waals surface area contributed by atoms with Crippen LogP contribution in [0.3, 0.4) is 0 Å². The molecule has 1 aromatic carbocycles. The second kappa shape index (κ2) is 11.7. The summed E-state index contributed by atoms with van der Waals surface area (Å²) in [4.78, 5) is 8.55. The zero-order valence-electron chi connectivity index (χ0n) is 19.2. The highest BCUT2D eigenvalue weighted by molar-refractivity contribution is 14.0. The second-order valence-electron chi connectivity index (χ2n) is 8.64. The Kier molecular flexibility index (Phi) is 9.89. The number of rotatable bonds is 5. The lowest BCUT2D eigenvalue weighted by Crippen LogP contribution is -2.46. The Bertz CT molecular complexity index is 768. The zero-order valence-corrected chi connectivity index (χ0v) is 21.5. The molecule has 182 valence electrons. The minimum Gasteiger partial charge on any atom is -0.378 e. The second-order valence-corrected chi connectivity index (χ2v) is 8.64. The maximum absolute atomic E-state index is 13.8. The topological polar surface area (TPSA) is 52.1 Å². The molecule has 0 saturated carbocycles. The van der Waals surface area contributed by atoms with Crippen molar-refractivity contribution in [3.63, 3.8) is 0 Å². The van der Waals surface area contributed by atoms with Crippen LogP contribution in [0.25, 0.3) is 0 Å². The number of hydrogen-bond acceptors (Lipinski definition) is 4. The van der Waals surface area contributed by atoms with Gasteiger partial charge in [0.1, 0.15) is 0 Å². The summed E-state index contributed by atoms with van der Waals surface area (Å²) in [5.41, 5.74) is 0.172. The van der Waals surface area contributed by atoms with Gasteiger partial charge in [-0.15, -0.1) is 24.0 Å². The molecule has 2 saturated heterocycles. The van der Waals surface area contributed by atoms with Gasteiger partial charge in [0.2, 0.25) is 0 Å². The molecule has 10 heteroatoms. The Morgan fingerprint density at radius 1 is 1.22 bits per heavy atom. The standard InChI is InChI=1S/C22H34F3N5O.HI/c1-15(2)30-13-16(3)20(14-30)28-21(26-4)27-12-17-5-6-18(11-19(17)22(23,24)25)29-7-9-31-10-8-29;/h5-6,11,15-16,20H,7-10,12-14H2,1-4H3,(H2,26,27,28);1H. The van der Waals surface area contributed by atoms with Gasteiger partial charge < -0.3 is 20.3 Å². The van der Waals surface area contributed by atoms with Gasteiger partial charge in [-0.3, -0.25) is 9.89 Å². The maximum atomic E-state index is 13.8. The van der Waals surface area contributed by atoms with Crippen LogP contribution in [0.4, 0.5) is 18.9 Å². The van der Waals surface area contributed by atoms with Gasteiger partial charge in [0.05, 0.1) is 18.8 Å². The van der Waals surface area contributed by atoms with Gasteiger partial charge in [0.15, 0.2) is 5.96 Å². The molecule has 2 aliphatic heterocycles. The minimum atomic E-state index is -4.42. The monoisotopic (exact) mass is 569 g/mol. The largest absolute Gasteiger partial charge is 0.416 e. The molecule has 0 aliphatic carbocycles. The fourth-order valence-electron chi connectivity index (χ4n) is 4.16. The van der Waals surface area contributed by atoms with Crippen LogP contribution in [0.1, 0.15) is 31.9 Å². The van der Waals surface area contributed by atoms with Gasteiger partial charge in [0, 0.05) is 57.5 Å². The van der Waals surface area contributed by atoms with E-state index in [1.807, 2.05) is 4.90 Å². The van der Waals surface area contributed by atoms with Crippen LogP contribution in [-0.2, 0) is 17.5 Å². The van der Waals surface area contributed by atoms with Gasteiger partial charge in [-0.2, -0.15) is 13.2 Å². The molecule has 1 aromatic rings. The van der Waals surface area contributed by atoms with Crippen molar-refractivity contribution < 1.29 is 17.9 Å². The summed E-state index contributed by atoms with van der Waals surface area (Å²) in [5.74, 6) is 0.951. The van der Waals surface area contributed by atoms with Crippen molar-refractivity contribution in [2.45, 2.75) is 45.6 Å². The van der Waals surface area contributed by atoms with Crippen molar-refractivity contribution in [2.75, 3.05) is 51.3 Å². The predicted molar refractivity (Wildman–Crippen MR) is 133 cm³/mol. The molecule has 3 rings (SSSR count). The molecule has 2 heterocycles. The Morgan fingerprint density at radius 2 is 1.91 bits per heavy atom. The van der Waals surface area contributed by atoms with E-state index in [0.717, 1.165) is 13.1 Å². The third-order valence-electron chi connectivity index (χ3n) is 6.14. The van der Waals surface area contributed by atoms with E-state index < -0.39 is 11.7 Å². The summed E-state index contributed by atoms with van der Waals surface area (Å²) in [6.45, 7) is 10.7. The third-order valence-corrected chi connectivity index (χ3v) is 6.14. The summed E-state index contributed by atoms with van der Waals surface area (Å²) in [7, 11) is 1.64. The van der Waals surface area contributed by atoms with E-state index in [2.05, 4.69) is 41.3 Å². The Morgan fingerprint density at radius 3 is 2.47 bits per heavy atom. The minimum absolute atomic E-state index is 0. The average molecular weight is 569 g/mol. The summed E-state index contributed by atoms with van der Waals surface area (Å²) in [5, 5.41) is 6.46. The predicted octanol–water partition coefficient (Wildman–Crippen LogP) is 3.55. The summed E-state index contributed by atoms with van der Waals surface area (Å²) >= 11 is 0. The lowest BCUT2D eigenvalue weighted by atomic mass is 10.0. The number of alkyl halides is 3. The Labute approximate surface area is 206 Å². The van der Waals surface area contributed by atoms with Crippen molar-refractivity contribution in [1.82, 2.24) is 15.5 Å². The molecular weight excluding hydrogens is 534 g/mol. The van der Waals surface area contributed by atoms with Crippen molar-refractivity contribution in [1.29, 1.82) is 0 Å². The molecule has 0 aromatic heterocycles. The zero-order chi connectivity index (χ0) is 22.6. The average Bonchev–Trinajstić information content (AvgIpc) is 3.11. The fraction of sp³-hybridized carbons (Fsp3) is 0.682. The number of guanidine groups is 1. The van der Waals surface area contributed by atoms with E-state index in [4.69, 9.17) is 4.74 Å². The fourth-order valence-corrected chi connectivity index (χ4v) is 4.16. The van der Waals surface area contributed by atoms with E-state index in [9.17, 15) is 13.2 Å². The number of hydrogen-bond donors (Lipinski definition) is 2. The number of nitrogens with one attached hydrogen (secondary N) is 2. The smallest absolute Gasteiger partial charge is 0.378 e. The highest BCUT2D eigenvalue weighted by atomic mass is 127. The Hall–Kier alpha value is -1.27. The van der Waals surface area contributed by atoms with Gasteiger partial charge in [-0.25, -0.2) is 0 Å². The first-order valence-corrected chi connectivity index (χ1v) is 10.9. The van der Waals surface area contributed by atoms with Crippen molar-refractivity contribution in [3.05, 3.63) is 29.3 Å². The quantitative estimate of drug-likeness (QED) is 0.323. The highest BCUT2D eigenvalue weighted by Gasteiger charge is 2.34. The molecule has 0 radical (unpaired) electrons. The Balaban J connectivity index is 0.00000363. The van der Waals surface area contributed by atoms with Gasteiger partial charge in [-0.1, -0.05) is 13.0 Å². The van der Waals surface area contributed by atoms with Gasteiger partial charge in [0.25, 0.3) is 0 Å². The van der Waals surface area contributed by atoms with E-state index in [-0.39, 0.29) is 42.1 Å². The maximum Gasteiger partial charge on any atom is 0.416 e. The molecule has 2 N–H and O–H groups in total. The van der Waals surface area contributed by atoms with E-state index in [0.29, 0.717) is 49.9 Å². The van der Waals surface area contributed by atoms with Crippen LogP contribution in [0.5, 0.6) is 0 Å². The first-order chi connectivity index (χ1) is 14.7. The number of morpholine rings is 1. The number of ether oxygens (including phenoxy) is 1. The van der Waals surface area contributed by atoms with Crippen LogP contribution in [0.15, 0.2) is 23.2 Å². The molecule has 0 bridgehead atoms. The SMILES string of the molecule is CN=C(NCc1ccc(N2CCOCC2)cc1C(F)(F)F)NC1CN(C(C)C)CC1C.I. The summed E-state index contributed by atoms with van der Waals surface area (Å²) in [6.07, 6.45) is -4.42. The third kappa shape index (κ3) is 6.86. The highest BCUT2D eigenvalue weighted by Crippen LogP contribution is 2.35. The van der Waals surface area contributed by atoms with Crippen molar-refractivity contribution in [3.8, 4) is 0 Å². The number of benzene rings is 1. The van der Waals surface area contributed by atoms with Crippen LogP contribution in [0, 0.1) is 5.92 Å². The van der Waals surface area contributed by atoms with E-state index in [1.165, 1.54) is 6.07 Å². The van der Waals surface area contributed by atoms with Crippen LogP contribution in [0.2, 0.25) is 0 Å². The van der Waals surface area contributed by atoms with Crippen LogP contribution < -0.4 is 15.5 Å². The molecule has 32 heavy (non-hydrogen) atoms. The van der Waals surface area contributed by atoms with E-state index >= 15 is 0 Å². The molecular formula is C22H35F3IN5O. The molecule has 2 unspecified atom stereocenters. The summed E-state index contributed by atoms with van der Waals surface area (Å²) in [6, 6.07) is 5.24. The lowest BCUT2D eigenvalue weighted by Gasteiger charge is -2.30. The molecule has 0 spiro atoms. The molecule has 2 fully saturated rings. The molecule has 2 atom stereocenters. The number of anilines is 1. The van der Waals surface area contributed by atoms with Crippen LogP contribution in [-0.4, -0.2) is 69.4 Å². The molecule has 6 nitrogen and oxygen atoms in total. The number of aliphatic imine (C=N–C) groups is 1. The van der Waals surface area contributed by atoms with Crippen molar-refractivity contribution in [2.24, 2.45) is 10.9 Å². The van der Waals surface area contributed by atoms with Gasteiger partial charge in [-0.05, 0) is 37.5 Å². The number of halogens is 4. The lowest BCUT2D eigenvalue weighted by molar-refractivity contribution is -0.138. The number of likely N-dealkylation sites (tertiary alicyclic amines) is 1.